The number of carbonyl (C=O) groups excluding carboxylic acids is 1. The van der Waals surface area contributed by atoms with Crippen LogP contribution in [0, 0.1) is 18.6 Å². The van der Waals surface area contributed by atoms with Crippen LogP contribution in [0.1, 0.15) is 18.1 Å². The number of rotatable bonds is 7. The minimum Gasteiger partial charge on any atom is -0.337 e. The van der Waals surface area contributed by atoms with Crippen LogP contribution in [0.2, 0.25) is 0 Å². The normalized spacial score (nSPS) is 11.4. The Morgan fingerprint density at radius 3 is 2.27 bits per heavy atom. The van der Waals surface area contributed by atoms with Crippen molar-refractivity contribution in [3.63, 3.8) is 0 Å². The highest BCUT2D eigenvalue weighted by Gasteiger charge is 2.18. The molecule has 2 aromatic carbocycles. The van der Waals surface area contributed by atoms with E-state index >= 15 is 0 Å². The third-order valence-electron chi connectivity index (χ3n) is 3.83. The highest BCUT2D eigenvalue weighted by Crippen LogP contribution is 2.15. The highest BCUT2D eigenvalue weighted by molar-refractivity contribution is 7.89. The molecule has 0 unspecified atom stereocenters. The largest absolute Gasteiger partial charge is 0.337 e. The Labute approximate surface area is 151 Å². The van der Waals surface area contributed by atoms with Gasteiger partial charge in [0.2, 0.25) is 15.9 Å². The van der Waals surface area contributed by atoms with E-state index < -0.39 is 15.8 Å². The molecule has 0 aliphatic heterocycles. The Balaban J connectivity index is 2.00. The number of carbonyl (C=O) groups is 1. The molecule has 5 nitrogen and oxygen atoms in total. The Hall–Kier alpha value is -2.32. The number of sulfonamides is 1. The van der Waals surface area contributed by atoms with Gasteiger partial charge in [0.25, 0.3) is 0 Å². The molecule has 26 heavy (non-hydrogen) atoms. The molecule has 2 aromatic rings. The van der Waals surface area contributed by atoms with E-state index in [4.69, 9.17) is 0 Å². The van der Waals surface area contributed by atoms with Crippen molar-refractivity contribution in [1.82, 2.24) is 9.62 Å². The Morgan fingerprint density at radius 2 is 1.69 bits per heavy atom. The summed E-state index contributed by atoms with van der Waals surface area (Å²) in [5, 5.41) is 0. The summed E-state index contributed by atoms with van der Waals surface area (Å²) in [5.74, 6) is -1.11. The van der Waals surface area contributed by atoms with Crippen molar-refractivity contribution in [2.24, 2.45) is 0 Å². The summed E-state index contributed by atoms with van der Waals surface area (Å²) in [4.78, 5) is 13.2. The van der Waals surface area contributed by atoms with Crippen molar-refractivity contribution in [3.8, 4) is 0 Å². The molecule has 0 radical (unpaired) electrons. The van der Waals surface area contributed by atoms with Crippen molar-refractivity contribution in [1.29, 1.82) is 0 Å². The third-order valence-corrected chi connectivity index (χ3v) is 5.45. The molecule has 0 spiro atoms. The molecule has 0 fully saturated rings. The van der Waals surface area contributed by atoms with Crippen LogP contribution in [0.25, 0.3) is 0 Å². The van der Waals surface area contributed by atoms with Crippen molar-refractivity contribution in [2.45, 2.75) is 25.3 Å². The quantitative estimate of drug-likeness (QED) is 0.801. The Morgan fingerprint density at radius 1 is 1.08 bits per heavy atom. The van der Waals surface area contributed by atoms with Gasteiger partial charge in [0.15, 0.2) is 0 Å². The van der Waals surface area contributed by atoms with E-state index in [1.54, 1.807) is 12.1 Å². The third kappa shape index (κ3) is 5.34. The summed E-state index contributed by atoms with van der Waals surface area (Å²) < 4.78 is 53.2. The van der Waals surface area contributed by atoms with Crippen LogP contribution < -0.4 is 4.72 Å². The van der Waals surface area contributed by atoms with Crippen LogP contribution in [-0.2, 0) is 21.4 Å². The SMILES string of the molecule is CC(=O)N(CCNS(=O)(=O)c1ccc(F)cc1C)Cc1ccc(F)cc1. The first kappa shape index (κ1) is 20.0. The fourth-order valence-electron chi connectivity index (χ4n) is 2.47. The lowest BCUT2D eigenvalue weighted by Crippen LogP contribution is -2.37. The van der Waals surface area contributed by atoms with Gasteiger partial charge < -0.3 is 4.90 Å². The van der Waals surface area contributed by atoms with Gasteiger partial charge in [-0.25, -0.2) is 21.9 Å². The van der Waals surface area contributed by atoms with Crippen molar-refractivity contribution in [3.05, 3.63) is 65.2 Å². The van der Waals surface area contributed by atoms with Crippen LogP contribution >= 0.6 is 0 Å². The summed E-state index contributed by atoms with van der Waals surface area (Å²) in [6.45, 7) is 3.27. The van der Waals surface area contributed by atoms with Crippen molar-refractivity contribution >= 4 is 15.9 Å². The number of halogens is 2. The number of amides is 1. The molecule has 1 N–H and O–H groups in total. The zero-order chi connectivity index (χ0) is 19.3. The van der Waals surface area contributed by atoms with E-state index in [0.29, 0.717) is 5.56 Å². The first-order valence-electron chi connectivity index (χ1n) is 7.95. The van der Waals surface area contributed by atoms with Gasteiger partial charge in [-0.2, -0.15) is 0 Å². The van der Waals surface area contributed by atoms with Gasteiger partial charge in [0, 0.05) is 26.6 Å². The lowest BCUT2D eigenvalue weighted by molar-refractivity contribution is -0.129. The average molecular weight is 382 g/mol. The van der Waals surface area contributed by atoms with Gasteiger partial charge >= 0.3 is 0 Å². The topological polar surface area (TPSA) is 66.5 Å². The summed E-state index contributed by atoms with van der Waals surface area (Å²) in [6, 6.07) is 9.16. The van der Waals surface area contributed by atoms with E-state index in [2.05, 4.69) is 4.72 Å². The van der Waals surface area contributed by atoms with Crippen LogP contribution in [0.4, 0.5) is 8.78 Å². The molecule has 140 valence electrons. The van der Waals surface area contributed by atoms with Gasteiger partial charge in [-0.1, -0.05) is 12.1 Å². The second-order valence-electron chi connectivity index (χ2n) is 5.87. The van der Waals surface area contributed by atoms with E-state index in [-0.39, 0.29) is 36.3 Å². The molecule has 0 saturated carbocycles. The average Bonchev–Trinajstić information content (AvgIpc) is 2.55. The number of hydrogen-bond acceptors (Lipinski definition) is 3. The molecule has 0 aliphatic carbocycles. The maximum absolute atomic E-state index is 13.1. The monoisotopic (exact) mass is 382 g/mol. The van der Waals surface area contributed by atoms with Gasteiger partial charge in [0.05, 0.1) is 4.90 Å². The van der Waals surface area contributed by atoms with E-state index in [0.717, 1.165) is 17.7 Å². The summed E-state index contributed by atoms with van der Waals surface area (Å²) in [7, 11) is -3.81. The number of nitrogens with one attached hydrogen (secondary N) is 1. The first-order valence-corrected chi connectivity index (χ1v) is 9.43. The zero-order valence-electron chi connectivity index (χ0n) is 14.5. The summed E-state index contributed by atoms with van der Waals surface area (Å²) in [6.07, 6.45) is 0. The second-order valence-corrected chi connectivity index (χ2v) is 7.61. The number of hydrogen-bond donors (Lipinski definition) is 1. The van der Waals surface area contributed by atoms with Crippen molar-refractivity contribution in [2.75, 3.05) is 13.1 Å². The molecular formula is C18H20F2N2O3S. The number of nitrogens with zero attached hydrogens (tertiary/aromatic N) is 1. The van der Waals surface area contributed by atoms with Crippen LogP contribution in [0.5, 0.6) is 0 Å². The summed E-state index contributed by atoms with van der Waals surface area (Å²) in [5.41, 5.74) is 1.03. The number of aryl methyl sites for hydroxylation is 1. The standard InChI is InChI=1S/C18H20F2N2O3S/c1-13-11-17(20)7-8-18(13)26(24,25)21-9-10-22(14(2)23)12-15-3-5-16(19)6-4-15/h3-8,11,21H,9-10,12H2,1-2H3. The van der Waals surface area contributed by atoms with Gasteiger partial charge in [-0.3, -0.25) is 4.79 Å². The van der Waals surface area contributed by atoms with E-state index in [9.17, 15) is 22.0 Å². The van der Waals surface area contributed by atoms with Crippen LogP contribution in [0.15, 0.2) is 47.4 Å². The minimum atomic E-state index is -3.81. The van der Waals surface area contributed by atoms with Crippen LogP contribution in [-0.4, -0.2) is 32.3 Å². The second kappa shape index (κ2) is 8.37. The molecule has 0 saturated heterocycles. The maximum Gasteiger partial charge on any atom is 0.240 e. The lowest BCUT2D eigenvalue weighted by atomic mass is 10.2. The predicted octanol–water partition coefficient (Wildman–Crippen LogP) is 2.60. The van der Waals surface area contributed by atoms with Gasteiger partial charge in [-0.05, 0) is 48.4 Å². The highest BCUT2D eigenvalue weighted by atomic mass is 32.2. The predicted molar refractivity (Wildman–Crippen MR) is 93.8 cm³/mol. The number of benzene rings is 2. The lowest BCUT2D eigenvalue weighted by Gasteiger charge is -2.21. The zero-order valence-corrected chi connectivity index (χ0v) is 15.3. The molecule has 1 amide bonds. The summed E-state index contributed by atoms with van der Waals surface area (Å²) >= 11 is 0. The Bertz CT molecular complexity index is 884. The minimum absolute atomic E-state index is 0.0000750. The molecule has 0 heterocycles. The molecule has 0 aliphatic rings. The van der Waals surface area contributed by atoms with Crippen molar-refractivity contribution < 1.29 is 22.0 Å². The molecule has 8 heteroatoms. The molecule has 2 rings (SSSR count). The molecule has 0 atom stereocenters. The van der Waals surface area contributed by atoms with Gasteiger partial charge in [0.1, 0.15) is 11.6 Å². The van der Waals surface area contributed by atoms with Crippen LogP contribution in [0.3, 0.4) is 0 Å². The Kier molecular flexibility index (Phi) is 6.44. The first-order chi connectivity index (χ1) is 12.2. The van der Waals surface area contributed by atoms with Gasteiger partial charge in [-0.15, -0.1) is 0 Å². The fraction of sp³-hybridized carbons (Fsp3) is 0.278. The molecule has 0 aromatic heterocycles. The molecule has 0 bridgehead atoms. The molecular weight excluding hydrogens is 362 g/mol. The maximum atomic E-state index is 13.1. The smallest absolute Gasteiger partial charge is 0.240 e. The fourth-order valence-corrected chi connectivity index (χ4v) is 3.71. The van der Waals surface area contributed by atoms with E-state index in [1.165, 1.54) is 36.9 Å². The van der Waals surface area contributed by atoms with E-state index in [1.807, 2.05) is 0 Å².